The van der Waals surface area contributed by atoms with Gasteiger partial charge in [0, 0.05) is 29.9 Å². The van der Waals surface area contributed by atoms with E-state index >= 15 is 0 Å². The third-order valence-electron chi connectivity index (χ3n) is 4.78. The Morgan fingerprint density at radius 3 is 2.21 bits per heavy atom. The van der Waals surface area contributed by atoms with E-state index in [0.29, 0.717) is 29.1 Å². The molecular formula is C15H27BrN2O. The molecule has 0 amide bonds. The van der Waals surface area contributed by atoms with Gasteiger partial charge in [-0.2, -0.15) is 0 Å². The van der Waals surface area contributed by atoms with Gasteiger partial charge in [-0.15, -0.1) is 0 Å². The summed E-state index contributed by atoms with van der Waals surface area (Å²) in [5, 5.41) is 0. The quantitative estimate of drug-likeness (QED) is 0.740. The lowest BCUT2D eigenvalue weighted by Gasteiger charge is -2.35. The highest BCUT2D eigenvalue weighted by Crippen LogP contribution is 2.29. The summed E-state index contributed by atoms with van der Waals surface area (Å²) in [5.74, 6) is 0.822. The number of likely N-dealkylation sites (tertiary alicyclic amines) is 1. The van der Waals surface area contributed by atoms with E-state index in [4.69, 9.17) is 0 Å². The summed E-state index contributed by atoms with van der Waals surface area (Å²) in [7, 11) is 4.31. The second kappa shape index (κ2) is 7.19. The highest BCUT2D eigenvalue weighted by Gasteiger charge is 2.28. The summed E-state index contributed by atoms with van der Waals surface area (Å²) >= 11 is 3.66. The Hall–Kier alpha value is 0.0700. The Balaban J connectivity index is 1.72. The van der Waals surface area contributed by atoms with Gasteiger partial charge in [0.25, 0.3) is 0 Å². The van der Waals surface area contributed by atoms with Gasteiger partial charge in [0.15, 0.2) is 0 Å². The number of carbonyl (C=O) groups excluding carboxylic acids is 1. The van der Waals surface area contributed by atoms with Crippen molar-refractivity contribution in [2.24, 2.45) is 5.92 Å². The maximum atomic E-state index is 12.3. The molecule has 3 nitrogen and oxygen atoms in total. The van der Waals surface area contributed by atoms with Crippen molar-refractivity contribution in [2.75, 3.05) is 33.7 Å². The van der Waals surface area contributed by atoms with Crippen LogP contribution in [0.4, 0.5) is 0 Å². The Morgan fingerprint density at radius 1 is 1.11 bits per heavy atom. The lowest BCUT2D eigenvalue weighted by Crippen LogP contribution is -2.44. The van der Waals surface area contributed by atoms with E-state index < -0.39 is 0 Å². The number of halogens is 1. The molecule has 0 radical (unpaired) electrons. The minimum Gasteiger partial charge on any atom is -0.306 e. The highest BCUT2D eigenvalue weighted by atomic mass is 79.9. The molecule has 0 atom stereocenters. The van der Waals surface area contributed by atoms with E-state index in [1.165, 1.54) is 25.7 Å². The minimum absolute atomic E-state index is 0.334. The van der Waals surface area contributed by atoms with Crippen molar-refractivity contribution >= 4 is 21.7 Å². The van der Waals surface area contributed by atoms with Crippen LogP contribution < -0.4 is 0 Å². The van der Waals surface area contributed by atoms with Gasteiger partial charge in [-0.1, -0.05) is 15.9 Å². The van der Waals surface area contributed by atoms with Gasteiger partial charge in [-0.05, 0) is 52.6 Å². The lowest BCUT2D eigenvalue weighted by atomic mass is 9.86. The van der Waals surface area contributed by atoms with Gasteiger partial charge >= 0.3 is 0 Å². The highest BCUT2D eigenvalue weighted by molar-refractivity contribution is 9.09. The molecule has 0 bridgehead atoms. The zero-order chi connectivity index (χ0) is 13.8. The fourth-order valence-corrected chi connectivity index (χ4v) is 3.85. The fraction of sp³-hybridized carbons (Fsp3) is 0.933. The molecule has 2 aliphatic rings. The molecule has 0 aromatic carbocycles. The smallest absolute Gasteiger partial charge is 0.149 e. The molecular weight excluding hydrogens is 304 g/mol. The summed E-state index contributed by atoms with van der Waals surface area (Å²) in [5.41, 5.74) is 0. The number of hydrogen-bond donors (Lipinski definition) is 0. The summed E-state index contributed by atoms with van der Waals surface area (Å²) in [6, 6.07) is 0.704. The van der Waals surface area contributed by atoms with E-state index in [9.17, 15) is 4.79 Å². The third kappa shape index (κ3) is 4.54. The predicted molar refractivity (Wildman–Crippen MR) is 82.8 cm³/mol. The van der Waals surface area contributed by atoms with Crippen LogP contribution in [0.1, 0.15) is 38.5 Å². The molecule has 110 valence electrons. The molecule has 0 aromatic rings. The van der Waals surface area contributed by atoms with Gasteiger partial charge in [-0.25, -0.2) is 0 Å². The van der Waals surface area contributed by atoms with Crippen LogP contribution in [0.2, 0.25) is 0 Å². The topological polar surface area (TPSA) is 23.6 Å². The van der Waals surface area contributed by atoms with Gasteiger partial charge in [0.2, 0.25) is 0 Å². The van der Waals surface area contributed by atoms with Crippen molar-refractivity contribution in [1.82, 2.24) is 9.80 Å². The number of nitrogens with zero attached hydrogens (tertiary/aromatic N) is 2. The molecule has 1 saturated carbocycles. The van der Waals surface area contributed by atoms with Gasteiger partial charge in [0.1, 0.15) is 5.78 Å². The van der Waals surface area contributed by atoms with Gasteiger partial charge in [0.05, 0.1) is 6.54 Å². The molecule has 4 heteroatoms. The zero-order valence-electron chi connectivity index (χ0n) is 12.3. The molecule has 1 heterocycles. The fourth-order valence-electron chi connectivity index (χ4n) is 3.32. The first-order valence-electron chi connectivity index (χ1n) is 7.62. The van der Waals surface area contributed by atoms with Crippen molar-refractivity contribution in [2.45, 2.75) is 49.4 Å². The van der Waals surface area contributed by atoms with Crippen LogP contribution >= 0.6 is 15.9 Å². The Bertz CT molecular complexity index is 293. The van der Waals surface area contributed by atoms with Crippen molar-refractivity contribution in [3.8, 4) is 0 Å². The second-order valence-corrected chi connectivity index (χ2v) is 7.68. The maximum Gasteiger partial charge on any atom is 0.149 e. The van der Waals surface area contributed by atoms with Crippen LogP contribution in [0.15, 0.2) is 0 Å². The molecule has 1 aliphatic carbocycles. The molecule has 0 N–H and O–H groups in total. The van der Waals surface area contributed by atoms with Crippen LogP contribution in [-0.2, 0) is 4.79 Å². The largest absolute Gasteiger partial charge is 0.306 e. The first kappa shape index (κ1) is 15.5. The van der Waals surface area contributed by atoms with Gasteiger partial charge in [-0.3, -0.25) is 9.69 Å². The van der Waals surface area contributed by atoms with Crippen LogP contribution in [0.25, 0.3) is 0 Å². The van der Waals surface area contributed by atoms with E-state index in [1.807, 2.05) is 0 Å². The summed E-state index contributed by atoms with van der Waals surface area (Å²) in [4.78, 5) is 17.6. The Kier molecular flexibility index (Phi) is 5.85. The maximum absolute atomic E-state index is 12.3. The summed E-state index contributed by atoms with van der Waals surface area (Å²) < 4.78 is 0. The first-order valence-corrected chi connectivity index (χ1v) is 8.53. The number of Topliss-reactive ketones (excluding diaryl/α,β-unsaturated/α-hetero) is 1. The average Bonchev–Trinajstić information content (AvgIpc) is 2.40. The summed E-state index contributed by atoms with van der Waals surface area (Å²) in [6.45, 7) is 2.86. The Morgan fingerprint density at radius 2 is 1.68 bits per heavy atom. The normalized spacial score (nSPS) is 30.7. The van der Waals surface area contributed by atoms with E-state index in [0.717, 1.165) is 25.9 Å². The molecule has 1 aliphatic heterocycles. The lowest BCUT2D eigenvalue weighted by molar-refractivity contribution is -0.125. The number of carbonyl (C=O) groups is 1. The first-order chi connectivity index (χ1) is 9.06. The number of piperidine rings is 1. The van der Waals surface area contributed by atoms with Crippen LogP contribution in [0.5, 0.6) is 0 Å². The number of ketones is 1. The van der Waals surface area contributed by atoms with E-state index in [2.05, 4.69) is 39.8 Å². The molecule has 2 fully saturated rings. The van der Waals surface area contributed by atoms with E-state index in [1.54, 1.807) is 0 Å². The van der Waals surface area contributed by atoms with Crippen molar-refractivity contribution in [3.05, 3.63) is 0 Å². The minimum atomic E-state index is 0.334. The second-order valence-electron chi connectivity index (χ2n) is 6.39. The molecule has 0 aromatic heterocycles. The number of alkyl halides is 1. The average molecular weight is 331 g/mol. The number of rotatable bonds is 4. The number of hydrogen-bond acceptors (Lipinski definition) is 3. The van der Waals surface area contributed by atoms with Crippen LogP contribution in [-0.4, -0.2) is 60.2 Å². The molecule has 1 saturated heterocycles. The SMILES string of the molecule is CN(C)C1CCN(CC(=O)C2CCC(Br)CC2)CC1. The zero-order valence-corrected chi connectivity index (χ0v) is 13.9. The molecule has 0 unspecified atom stereocenters. The monoisotopic (exact) mass is 330 g/mol. The van der Waals surface area contributed by atoms with Crippen LogP contribution in [0, 0.1) is 5.92 Å². The standard InChI is InChI=1S/C15H27BrN2O/c1-17(2)14-7-9-18(10-8-14)11-15(19)12-3-5-13(16)6-4-12/h12-14H,3-11H2,1-2H3. The molecule has 19 heavy (non-hydrogen) atoms. The van der Waals surface area contributed by atoms with Gasteiger partial charge < -0.3 is 4.90 Å². The predicted octanol–water partition coefficient (Wildman–Crippen LogP) is 2.54. The molecule has 2 rings (SSSR count). The Labute approximate surface area is 125 Å². The summed E-state index contributed by atoms with van der Waals surface area (Å²) in [6.07, 6.45) is 6.91. The van der Waals surface area contributed by atoms with Crippen molar-refractivity contribution in [1.29, 1.82) is 0 Å². The third-order valence-corrected chi connectivity index (χ3v) is 5.69. The van der Waals surface area contributed by atoms with Crippen molar-refractivity contribution in [3.63, 3.8) is 0 Å². The van der Waals surface area contributed by atoms with Crippen LogP contribution in [0.3, 0.4) is 0 Å². The van der Waals surface area contributed by atoms with Crippen molar-refractivity contribution < 1.29 is 4.79 Å². The molecule has 0 spiro atoms. The van der Waals surface area contributed by atoms with E-state index in [-0.39, 0.29) is 0 Å².